The van der Waals surface area contributed by atoms with Gasteiger partial charge in [-0.2, -0.15) is 0 Å². The molecule has 3 nitrogen and oxygen atoms in total. The molecule has 0 aliphatic heterocycles. The normalized spacial score (nSPS) is 10.3. The number of rotatable bonds is 5. The Morgan fingerprint density at radius 3 is 2.32 bits per heavy atom. The standard InChI is InChI=1S/C16H18O3/c1-12-3-6-16(9-14(12)10-17)19-11-13-4-7-15(18-2)8-5-13/h3-9,17H,10-11H2,1-2H3. The summed E-state index contributed by atoms with van der Waals surface area (Å²) >= 11 is 0. The molecule has 0 bridgehead atoms. The fourth-order valence-corrected chi connectivity index (χ4v) is 1.80. The van der Waals surface area contributed by atoms with Crippen molar-refractivity contribution in [3.63, 3.8) is 0 Å². The van der Waals surface area contributed by atoms with E-state index in [2.05, 4.69) is 0 Å². The van der Waals surface area contributed by atoms with Crippen LogP contribution in [0.2, 0.25) is 0 Å². The zero-order chi connectivity index (χ0) is 13.7. The maximum atomic E-state index is 9.22. The minimum absolute atomic E-state index is 0.0333. The van der Waals surface area contributed by atoms with E-state index in [1.807, 2.05) is 49.4 Å². The first-order valence-electron chi connectivity index (χ1n) is 6.19. The van der Waals surface area contributed by atoms with E-state index in [0.29, 0.717) is 6.61 Å². The molecule has 100 valence electrons. The van der Waals surface area contributed by atoms with Crippen molar-refractivity contribution >= 4 is 0 Å². The van der Waals surface area contributed by atoms with Crippen LogP contribution < -0.4 is 9.47 Å². The topological polar surface area (TPSA) is 38.7 Å². The van der Waals surface area contributed by atoms with E-state index in [0.717, 1.165) is 28.2 Å². The predicted molar refractivity (Wildman–Crippen MR) is 74.4 cm³/mol. The van der Waals surface area contributed by atoms with E-state index in [9.17, 15) is 5.11 Å². The summed E-state index contributed by atoms with van der Waals surface area (Å²) in [7, 11) is 1.65. The summed E-state index contributed by atoms with van der Waals surface area (Å²) in [5.74, 6) is 1.60. The summed E-state index contributed by atoms with van der Waals surface area (Å²) in [5.41, 5.74) is 3.04. The van der Waals surface area contributed by atoms with Crippen molar-refractivity contribution < 1.29 is 14.6 Å². The Morgan fingerprint density at radius 2 is 1.68 bits per heavy atom. The van der Waals surface area contributed by atoms with Gasteiger partial charge in [0.25, 0.3) is 0 Å². The van der Waals surface area contributed by atoms with Crippen LogP contribution in [-0.4, -0.2) is 12.2 Å². The highest BCUT2D eigenvalue weighted by Crippen LogP contribution is 2.19. The van der Waals surface area contributed by atoms with Gasteiger partial charge in [0.1, 0.15) is 18.1 Å². The van der Waals surface area contributed by atoms with E-state index >= 15 is 0 Å². The highest BCUT2D eigenvalue weighted by atomic mass is 16.5. The zero-order valence-electron chi connectivity index (χ0n) is 11.2. The summed E-state index contributed by atoms with van der Waals surface area (Å²) < 4.78 is 10.8. The van der Waals surface area contributed by atoms with Gasteiger partial charge in [0.05, 0.1) is 13.7 Å². The van der Waals surface area contributed by atoms with Crippen LogP contribution in [0, 0.1) is 6.92 Å². The molecule has 0 fully saturated rings. The van der Waals surface area contributed by atoms with Crippen molar-refractivity contribution in [2.45, 2.75) is 20.1 Å². The molecule has 0 amide bonds. The molecule has 0 spiro atoms. The Labute approximate surface area is 113 Å². The van der Waals surface area contributed by atoms with Gasteiger partial charge < -0.3 is 14.6 Å². The molecule has 2 rings (SSSR count). The molecule has 0 aliphatic rings. The van der Waals surface area contributed by atoms with Crippen LogP contribution >= 0.6 is 0 Å². The summed E-state index contributed by atoms with van der Waals surface area (Å²) in [6, 6.07) is 13.5. The van der Waals surface area contributed by atoms with Crippen LogP contribution in [0.25, 0.3) is 0 Å². The molecular formula is C16H18O3. The molecular weight excluding hydrogens is 240 g/mol. The molecule has 3 heteroatoms. The Kier molecular flexibility index (Phi) is 4.42. The third-order valence-corrected chi connectivity index (χ3v) is 3.06. The summed E-state index contributed by atoms with van der Waals surface area (Å²) in [4.78, 5) is 0. The van der Waals surface area contributed by atoms with Gasteiger partial charge in [-0.1, -0.05) is 18.2 Å². The molecule has 19 heavy (non-hydrogen) atoms. The molecule has 0 saturated carbocycles. The minimum atomic E-state index is 0.0333. The van der Waals surface area contributed by atoms with Crippen molar-refractivity contribution in [1.29, 1.82) is 0 Å². The van der Waals surface area contributed by atoms with Crippen molar-refractivity contribution in [3.8, 4) is 11.5 Å². The molecule has 0 saturated heterocycles. The number of benzene rings is 2. The van der Waals surface area contributed by atoms with E-state index in [1.54, 1.807) is 7.11 Å². The van der Waals surface area contributed by atoms with Gasteiger partial charge in [-0.25, -0.2) is 0 Å². The molecule has 2 aromatic rings. The van der Waals surface area contributed by atoms with Crippen molar-refractivity contribution in [3.05, 3.63) is 59.2 Å². The average molecular weight is 258 g/mol. The lowest BCUT2D eigenvalue weighted by molar-refractivity contribution is 0.277. The highest BCUT2D eigenvalue weighted by molar-refractivity contribution is 5.35. The number of hydrogen-bond donors (Lipinski definition) is 1. The molecule has 0 unspecified atom stereocenters. The lowest BCUT2D eigenvalue weighted by Gasteiger charge is -2.09. The van der Waals surface area contributed by atoms with Crippen LogP contribution in [0.5, 0.6) is 11.5 Å². The summed E-state index contributed by atoms with van der Waals surface area (Å²) in [6.45, 7) is 2.50. The smallest absolute Gasteiger partial charge is 0.120 e. The molecule has 0 heterocycles. The number of ether oxygens (including phenoxy) is 2. The van der Waals surface area contributed by atoms with Crippen molar-refractivity contribution in [2.75, 3.05) is 7.11 Å². The van der Waals surface area contributed by atoms with E-state index in [1.165, 1.54) is 0 Å². The van der Waals surface area contributed by atoms with Gasteiger partial charge in [-0.3, -0.25) is 0 Å². The van der Waals surface area contributed by atoms with Gasteiger partial charge >= 0.3 is 0 Å². The Hall–Kier alpha value is -2.00. The van der Waals surface area contributed by atoms with Gasteiger partial charge in [-0.15, -0.1) is 0 Å². The second kappa shape index (κ2) is 6.25. The third-order valence-electron chi connectivity index (χ3n) is 3.06. The second-order valence-corrected chi connectivity index (χ2v) is 4.38. The number of aliphatic hydroxyl groups excluding tert-OH is 1. The van der Waals surface area contributed by atoms with Crippen LogP contribution in [0.15, 0.2) is 42.5 Å². The first kappa shape index (κ1) is 13.4. The molecule has 0 atom stereocenters. The Balaban J connectivity index is 2.01. The zero-order valence-corrected chi connectivity index (χ0v) is 11.2. The lowest BCUT2D eigenvalue weighted by atomic mass is 10.1. The van der Waals surface area contributed by atoms with Gasteiger partial charge in [0.15, 0.2) is 0 Å². The first-order chi connectivity index (χ1) is 9.22. The maximum Gasteiger partial charge on any atom is 0.120 e. The van der Waals surface area contributed by atoms with Gasteiger partial charge in [0.2, 0.25) is 0 Å². The van der Waals surface area contributed by atoms with E-state index < -0.39 is 0 Å². The third kappa shape index (κ3) is 3.48. The monoisotopic (exact) mass is 258 g/mol. The first-order valence-corrected chi connectivity index (χ1v) is 6.19. The van der Waals surface area contributed by atoms with Gasteiger partial charge in [-0.05, 0) is 47.9 Å². The van der Waals surface area contributed by atoms with E-state index in [-0.39, 0.29) is 6.61 Å². The second-order valence-electron chi connectivity index (χ2n) is 4.38. The summed E-state index contributed by atoms with van der Waals surface area (Å²) in [6.07, 6.45) is 0. The van der Waals surface area contributed by atoms with Crippen molar-refractivity contribution in [2.24, 2.45) is 0 Å². The fourth-order valence-electron chi connectivity index (χ4n) is 1.80. The predicted octanol–water partition coefficient (Wildman–Crippen LogP) is 3.07. The Morgan fingerprint density at radius 1 is 1.00 bits per heavy atom. The average Bonchev–Trinajstić information content (AvgIpc) is 2.47. The minimum Gasteiger partial charge on any atom is -0.497 e. The summed E-state index contributed by atoms with van der Waals surface area (Å²) in [5, 5.41) is 9.22. The van der Waals surface area contributed by atoms with Crippen LogP contribution in [0.4, 0.5) is 0 Å². The van der Waals surface area contributed by atoms with Crippen LogP contribution in [0.1, 0.15) is 16.7 Å². The van der Waals surface area contributed by atoms with Crippen LogP contribution in [0.3, 0.4) is 0 Å². The Bertz CT molecular complexity index is 532. The van der Waals surface area contributed by atoms with Crippen molar-refractivity contribution in [1.82, 2.24) is 0 Å². The maximum absolute atomic E-state index is 9.22. The van der Waals surface area contributed by atoms with Crippen LogP contribution in [-0.2, 0) is 13.2 Å². The number of aryl methyl sites for hydroxylation is 1. The molecule has 0 aliphatic carbocycles. The number of methoxy groups -OCH3 is 1. The largest absolute Gasteiger partial charge is 0.497 e. The SMILES string of the molecule is COc1ccc(COc2ccc(C)c(CO)c2)cc1. The number of hydrogen-bond acceptors (Lipinski definition) is 3. The molecule has 1 N–H and O–H groups in total. The highest BCUT2D eigenvalue weighted by Gasteiger charge is 2.01. The molecule has 0 radical (unpaired) electrons. The number of aliphatic hydroxyl groups is 1. The quantitative estimate of drug-likeness (QED) is 0.895. The van der Waals surface area contributed by atoms with E-state index in [4.69, 9.17) is 9.47 Å². The fraction of sp³-hybridized carbons (Fsp3) is 0.250. The molecule has 2 aromatic carbocycles. The van der Waals surface area contributed by atoms with Gasteiger partial charge in [0, 0.05) is 0 Å². The molecule has 0 aromatic heterocycles. The lowest BCUT2D eigenvalue weighted by Crippen LogP contribution is -1.97.